The molecule has 11 aromatic carbocycles. The minimum atomic E-state index is 0.535. The molecule has 3 aromatic heterocycles. The molecule has 0 bridgehead atoms. The Balaban J connectivity index is 1.09. The minimum absolute atomic E-state index is 0.535. The lowest BCUT2D eigenvalue weighted by atomic mass is 9.91. The quantitative estimate of drug-likeness (QED) is 0.144. The second kappa shape index (κ2) is 19.0. The van der Waals surface area contributed by atoms with Crippen molar-refractivity contribution in [2.24, 2.45) is 0 Å². The van der Waals surface area contributed by atoms with Crippen LogP contribution in [0.5, 0.6) is 0 Å². The number of aromatic nitrogens is 5. The summed E-state index contributed by atoms with van der Waals surface area (Å²) >= 11 is 0. The molecular formula is C72H48N6. The summed E-state index contributed by atoms with van der Waals surface area (Å²) in [5.74, 6) is 1.68. The van der Waals surface area contributed by atoms with Gasteiger partial charge in [0.05, 0.1) is 39.4 Å². The Morgan fingerprint density at radius 3 is 1.37 bits per heavy atom. The first kappa shape index (κ1) is 46.1. The Morgan fingerprint density at radius 1 is 0.308 bits per heavy atom. The van der Waals surface area contributed by atoms with Crippen molar-refractivity contribution < 1.29 is 0 Å². The molecule has 0 radical (unpaired) electrons. The van der Waals surface area contributed by atoms with Crippen molar-refractivity contribution in [2.45, 2.75) is 13.8 Å². The van der Waals surface area contributed by atoms with Gasteiger partial charge in [0.2, 0.25) is 0 Å². The molecule has 0 unspecified atom stereocenters. The van der Waals surface area contributed by atoms with Crippen molar-refractivity contribution in [1.82, 2.24) is 24.1 Å². The van der Waals surface area contributed by atoms with Gasteiger partial charge in [-0.15, -0.1) is 0 Å². The monoisotopic (exact) mass is 996 g/mol. The standard InChI is InChI=1S/C72H48N6/c1-46-25-29-48(30-26-46)52-33-38-67-62(41-52)58-21-11-13-23-65(58)77(67)56-36-37-60(72-75-70(50-15-5-3-6-16-50)74-71(76-72)51-17-7-4-8-18-51)61(44-56)64-43-54(57-20-10-9-19-55(57)45-73)35-40-69(64)78-66-24-14-12-22-59(66)63-42-53(34-39-68(63)78)49-31-27-47(2)28-32-49/h3-44H,1-2H3. The van der Waals surface area contributed by atoms with Gasteiger partial charge in [-0.25, -0.2) is 15.0 Å². The third-order valence-corrected chi connectivity index (χ3v) is 15.2. The summed E-state index contributed by atoms with van der Waals surface area (Å²) in [6.07, 6.45) is 0. The summed E-state index contributed by atoms with van der Waals surface area (Å²) in [6, 6.07) is 92.5. The maximum atomic E-state index is 10.6. The number of fused-ring (bicyclic) bond motifs is 6. The van der Waals surface area contributed by atoms with Crippen LogP contribution in [-0.2, 0) is 0 Å². The van der Waals surface area contributed by atoms with Crippen LogP contribution in [0, 0.1) is 25.2 Å². The first-order valence-electron chi connectivity index (χ1n) is 26.3. The Hall–Kier alpha value is -10.5. The van der Waals surface area contributed by atoms with E-state index in [1.165, 1.54) is 22.3 Å². The van der Waals surface area contributed by atoms with Crippen LogP contribution in [0.25, 0.3) is 134 Å². The SMILES string of the molecule is Cc1ccc(-c2ccc3c(c2)c2ccccc2n3-c2ccc(-c3nc(-c4ccccc4)nc(-c4ccccc4)n3)c(-c3cc(-c4ccccc4C#N)ccc3-n3c4ccccc4c4cc(-c5ccc(C)cc5)ccc43)c2)cc1. The summed E-state index contributed by atoms with van der Waals surface area (Å²) in [6.45, 7) is 4.25. The molecule has 366 valence electrons. The Morgan fingerprint density at radius 2 is 0.782 bits per heavy atom. The highest BCUT2D eigenvalue weighted by Crippen LogP contribution is 2.45. The van der Waals surface area contributed by atoms with Crippen molar-refractivity contribution in [3.63, 3.8) is 0 Å². The van der Waals surface area contributed by atoms with Crippen LogP contribution >= 0.6 is 0 Å². The summed E-state index contributed by atoms with van der Waals surface area (Å²) in [4.78, 5) is 15.9. The van der Waals surface area contributed by atoms with Crippen LogP contribution in [0.3, 0.4) is 0 Å². The number of benzene rings is 11. The Kier molecular flexibility index (Phi) is 11.2. The third kappa shape index (κ3) is 8.01. The molecule has 0 amide bonds. The fourth-order valence-electron chi connectivity index (χ4n) is 11.3. The van der Waals surface area contributed by atoms with Crippen LogP contribution in [0.1, 0.15) is 16.7 Å². The predicted octanol–water partition coefficient (Wildman–Crippen LogP) is 18.2. The van der Waals surface area contributed by atoms with E-state index in [-0.39, 0.29) is 0 Å². The van der Waals surface area contributed by atoms with E-state index < -0.39 is 0 Å². The predicted molar refractivity (Wildman–Crippen MR) is 321 cm³/mol. The van der Waals surface area contributed by atoms with Crippen LogP contribution in [-0.4, -0.2) is 24.1 Å². The third-order valence-electron chi connectivity index (χ3n) is 15.2. The first-order chi connectivity index (χ1) is 38.4. The number of hydrogen-bond acceptors (Lipinski definition) is 4. The Bertz CT molecular complexity index is 4620. The van der Waals surface area contributed by atoms with Crippen molar-refractivity contribution >= 4 is 43.6 Å². The summed E-state index contributed by atoms with van der Waals surface area (Å²) in [5.41, 5.74) is 20.2. The molecule has 0 N–H and O–H groups in total. The van der Waals surface area contributed by atoms with Gasteiger partial charge in [0.15, 0.2) is 17.5 Å². The summed E-state index contributed by atoms with van der Waals surface area (Å²) < 4.78 is 4.79. The molecule has 0 aliphatic rings. The van der Waals surface area contributed by atoms with Crippen LogP contribution in [0.15, 0.2) is 255 Å². The van der Waals surface area contributed by atoms with E-state index in [4.69, 9.17) is 15.0 Å². The number of aryl methyl sites for hydroxylation is 2. The smallest absolute Gasteiger partial charge is 0.164 e. The average molecular weight is 997 g/mol. The highest BCUT2D eigenvalue weighted by molar-refractivity contribution is 6.12. The van der Waals surface area contributed by atoms with Gasteiger partial charge in [-0.05, 0) is 126 Å². The molecule has 78 heavy (non-hydrogen) atoms. The molecule has 6 nitrogen and oxygen atoms in total. The molecule has 0 saturated carbocycles. The lowest BCUT2D eigenvalue weighted by molar-refractivity contribution is 1.07. The normalized spacial score (nSPS) is 11.4. The maximum Gasteiger partial charge on any atom is 0.164 e. The first-order valence-corrected chi connectivity index (χ1v) is 26.3. The number of nitrogens with zero attached hydrogens (tertiary/aromatic N) is 6. The molecule has 0 spiro atoms. The highest BCUT2D eigenvalue weighted by Gasteiger charge is 2.24. The van der Waals surface area contributed by atoms with Gasteiger partial charge in [0, 0.05) is 49.5 Å². The average Bonchev–Trinajstić information content (AvgIpc) is 4.11. The molecule has 0 saturated heterocycles. The number of rotatable bonds is 9. The van der Waals surface area contributed by atoms with E-state index in [0.717, 1.165) is 105 Å². The van der Waals surface area contributed by atoms with Gasteiger partial charge in [-0.3, -0.25) is 0 Å². The molecule has 3 heterocycles. The van der Waals surface area contributed by atoms with Gasteiger partial charge in [0.1, 0.15) is 0 Å². The van der Waals surface area contributed by atoms with Gasteiger partial charge in [-0.2, -0.15) is 5.26 Å². The van der Waals surface area contributed by atoms with E-state index in [1.54, 1.807) is 0 Å². The molecule has 14 aromatic rings. The lowest BCUT2D eigenvalue weighted by Crippen LogP contribution is -2.04. The van der Waals surface area contributed by atoms with E-state index >= 15 is 0 Å². The summed E-state index contributed by atoms with van der Waals surface area (Å²) in [5, 5.41) is 15.2. The molecule has 0 aliphatic heterocycles. The maximum absolute atomic E-state index is 10.6. The van der Waals surface area contributed by atoms with Crippen LogP contribution in [0.4, 0.5) is 0 Å². The fraction of sp³-hybridized carbons (Fsp3) is 0.0278. The topological polar surface area (TPSA) is 72.3 Å². The fourth-order valence-corrected chi connectivity index (χ4v) is 11.3. The zero-order valence-corrected chi connectivity index (χ0v) is 42.9. The minimum Gasteiger partial charge on any atom is -0.309 e. The lowest BCUT2D eigenvalue weighted by Gasteiger charge is -2.20. The van der Waals surface area contributed by atoms with E-state index in [9.17, 15) is 5.26 Å². The van der Waals surface area contributed by atoms with Crippen LogP contribution < -0.4 is 0 Å². The Labute approximate surface area is 452 Å². The zero-order valence-electron chi connectivity index (χ0n) is 42.9. The molecule has 0 atom stereocenters. The zero-order chi connectivity index (χ0) is 52.3. The molecule has 0 aliphatic carbocycles. The second-order valence-corrected chi connectivity index (χ2v) is 20.1. The highest BCUT2D eigenvalue weighted by atomic mass is 15.0. The largest absolute Gasteiger partial charge is 0.309 e. The van der Waals surface area contributed by atoms with Crippen molar-refractivity contribution in [1.29, 1.82) is 5.26 Å². The van der Waals surface area contributed by atoms with E-state index in [1.807, 2.05) is 84.9 Å². The van der Waals surface area contributed by atoms with E-state index in [2.05, 4.69) is 199 Å². The molecular weight excluding hydrogens is 949 g/mol. The number of nitriles is 1. The van der Waals surface area contributed by atoms with Gasteiger partial charge >= 0.3 is 0 Å². The van der Waals surface area contributed by atoms with Crippen molar-refractivity contribution in [3.05, 3.63) is 271 Å². The summed E-state index contributed by atoms with van der Waals surface area (Å²) in [7, 11) is 0. The van der Waals surface area contributed by atoms with Gasteiger partial charge < -0.3 is 9.13 Å². The molecule has 0 fully saturated rings. The molecule has 6 heteroatoms. The van der Waals surface area contributed by atoms with Crippen molar-refractivity contribution in [3.8, 4) is 96.1 Å². The van der Waals surface area contributed by atoms with Gasteiger partial charge in [-0.1, -0.05) is 193 Å². The van der Waals surface area contributed by atoms with Crippen molar-refractivity contribution in [2.75, 3.05) is 0 Å². The number of hydrogen-bond donors (Lipinski definition) is 0. The molecule has 14 rings (SSSR count). The second-order valence-electron chi connectivity index (χ2n) is 20.1. The van der Waals surface area contributed by atoms with E-state index in [0.29, 0.717) is 23.0 Å². The van der Waals surface area contributed by atoms with Gasteiger partial charge in [0.25, 0.3) is 0 Å². The van der Waals surface area contributed by atoms with Crippen LogP contribution in [0.2, 0.25) is 0 Å². The number of para-hydroxylation sites is 2.